The summed E-state index contributed by atoms with van der Waals surface area (Å²) < 4.78 is 39.0. The molecule has 0 saturated carbocycles. The molecule has 0 unspecified atom stereocenters. The van der Waals surface area contributed by atoms with Crippen LogP contribution in [0.3, 0.4) is 0 Å². The molecule has 11 nitrogen and oxygen atoms in total. The van der Waals surface area contributed by atoms with Crippen molar-refractivity contribution in [3.05, 3.63) is 12.7 Å². The maximum atomic E-state index is 10.6. The SMILES string of the molecule is C=CC[C@@H](O)C/C(=N\OS(=O)(=O)O)S[C@@H]1O[C@H](CO)[C@@H](O)[C@H](O)[C@H]1O. The van der Waals surface area contributed by atoms with E-state index in [2.05, 4.69) is 16.0 Å². The standard InChI is InChI=1S/C12H21NO10S2/c1-2-3-6(15)4-8(13-23-25(19,20)21)24-12-11(18)10(17)9(16)7(5-14)22-12/h2,6-7,9-12,14-18H,1,3-5H2,(H,19,20,21)/b13-8+/t6-,7-,9-,10+,11-,12+/m1/s1. The fourth-order valence-electron chi connectivity index (χ4n) is 1.97. The van der Waals surface area contributed by atoms with Crippen molar-refractivity contribution in [2.75, 3.05) is 6.61 Å². The molecule has 0 aliphatic carbocycles. The Morgan fingerprint density at radius 3 is 2.48 bits per heavy atom. The van der Waals surface area contributed by atoms with Gasteiger partial charge in [0.15, 0.2) is 0 Å². The van der Waals surface area contributed by atoms with Crippen LogP contribution in [-0.2, 0) is 19.4 Å². The number of thioether (sulfide) groups is 1. The Morgan fingerprint density at radius 1 is 1.32 bits per heavy atom. The Morgan fingerprint density at radius 2 is 1.96 bits per heavy atom. The quantitative estimate of drug-likeness (QED) is 0.0863. The normalized spacial score (nSPS) is 32.2. The monoisotopic (exact) mass is 403 g/mol. The van der Waals surface area contributed by atoms with E-state index in [0.717, 1.165) is 0 Å². The Labute approximate surface area is 148 Å². The second-order valence-electron chi connectivity index (χ2n) is 5.18. The largest absolute Gasteiger partial charge is 0.466 e. The third kappa shape index (κ3) is 7.16. The number of hydrogen-bond acceptors (Lipinski definition) is 11. The highest BCUT2D eigenvalue weighted by Crippen LogP contribution is 2.30. The van der Waals surface area contributed by atoms with Crippen LogP contribution in [0.2, 0.25) is 0 Å². The third-order valence-corrected chi connectivity index (χ3v) is 4.58. The van der Waals surface area contributed by atoms with Gasteiger partial charge in [-0.3, -0.25) is 4.55 Å². The van der Waals surface area contributed by atoms with Gasteiger partial charge in [0.25, 0.3) is 0 Å². The first-order valence-electron chi connectivity index (χ1n) is 7.08. The molecule has 1 saturated heterocycles. The summed E-state index contributed by atoms with van der Waals surface area (Å²) >= 11 is 0.594. The van der Waals surface area contributed by atoms with E-state index in [4.69, 9.17) is 14.4 Å². The highest BCUT2D eigenvalue weighted by molar-refractivity contribution is 8.14. The first kappa shape index (κ1) is 22.3. The number of nitrogens with zero attached hydrogens (tertiary/aromatic N) is 1. The lowest BCUT2D eigenvalue weighted by molar-refractivity contribution is -0.205. The van der Waals surface area contributed by atoms with E-state index in [0.29, 0.717) is 11.8 Å². The molecule has 0 aromatic heterocycles. The summed E-state index contributed by atoms with van der Waals surface area (Å²) in [5, 5.41) is 51.3. The highest BCUT2D eigenvalue weighted by atomic mass is 32.3. The number of hydrogen-bond donors (Lipinski definition) is 6. The van der Waals surface area contributed by atoms with Crippen LogP contribution in [0.1, 0.15) is 12.8 Å². The average Bonchev–Trinajstić information content (AvgIpc) is 2.52. The van der Waals surface area contributed by atoms with Crippen molar-refractivity contribution >= 4 is 27.2 Å². The molecule has 6 atom stereocenters. The molecule has 0 amide bonds. The van der Waals surface area contributed by atoms with Crippen molar-refractivity contribution in [2.24, 2.45) is 5.16 Å². The summed E-state index contributed by atoms with van der Waals surface area (Å²) in [5.74, 6) is 0. The maximum absolute atomic E-state index is 10.6. The van der Waals surface area contributed by atoms with Crippen LogP contribution < -0.4 is 0 Å². The van der Waals surface area contributed by atoms with Gasteiger partial charge < -0.3 is 30.3 Å². The van der Waals surface area contributed by atoms with Crippen LogP contribution >= 0.6 is 11.8 Å². The number of oxime groups is 1. The van der Waals surface area contributed by atoms with E-state index in [9.17, 15) is 28.8 Å². The minimum absolute atomic E-state index is 0.139. The second kappa shape index (κ2) is 9.80. The first-order chi connectivity index (χ1) is 11.6. The summed E-state index contributed by atoms with van der Waals surface area (Å²) in [6.45, 7) is 2.79. The zero-order chi connectivity index (χ0) is 19.2. The van der Waals surface area contributed by atoms with Crippen LogP contribution in [0.4, 0.5) is 0 Å². The van der Waals surface area contributed by atoms with Crippen LogP contribution in [0.25, 0.3) is 0 Å². The lowest BCUT2D eigenvalue weighted by Gasteiger charge is -2.39. The number of aliphatic hydroxyl groups excluding tert-OH is 5. The third-order valence-electron chi connectivity index (χ3n) is 3.18. The molecular formula is C12H21NO10S2. The lowest BCUT2D eigenvalue weighted by Crippen LogP contribution is -2.57. The van der Waals surface area contributed by atoms with Crippen molar-refractivity contribution in [2.45, 2.75) is 48.8 Å². The number of ether oxygens (including phenoxy) is 1. The molecule has 1 fully saturated rings. The summed E-state index contributed by atoms with van der Waals surface area (Å²) in [7, 11) is -4.89. The van der Waals surface area contributed by atoms with Crippen molar-refractivity contribution in [3.8, 4) is 0 Å². The van der Waals surface area contributed by atoms with Crippen LogP contribution in [-0.4, -0.2) is 86.1 Å². The molecule has 1 rings (SSSR count). The molecule has 13 heteroatoms. The van der Waals surface area contributed by atoms with Crippen molar-refractivity contribution in [1.82, 2.24) is 0 Å². The summed E-state index contributed by atoms with van der Waals surface area (Å²) in [5.41, 5.74) is -1.25. The van der Waals surface area contributed by atoms with E-state index in [1.54, 1.807) is 0 Å². The van der Waals surface area contributed by atoms with Gasteiger partial charge in [-0.05, 0) is 6.42 Å². The molecule has 146 valence electrons. The second-order valence-corrected chi connectivity index (χ2v) is 7.36. The van der Waals surface area contributed by atoms with E-state index in [1.165, 1.54) is 6.08 Å². The van der Waals surface area contributed by atoms with E-state index < -0.39 is 53.0 Å². The van der Waals surface area contributed by atoms with Gasteiger partial charge in [-0.1, -0.05) is 23.0 Å². The van der Waals surface area contributed by atoms with Crippen LogP contribution in [0, 0.1) is 0 Å². The van der Waals surface area contributed by atoms with E-state index >= 15 is 0 Å². The molecule has 6 N–H and O–H groups in total. The zero-order valence-corrected chi connectivity index (χ0v) is 14.6. The lowest BCUT2D eigenvalue weighted by atomic mass is 10.0. The van der Waals surface area contributed by atoms with Crippen molar-refractivity contribution < 1.29 is 47.5 Å². The Balaban J connectivity index is 2.92. The Bertz CT molecular complexity index is 566. The summed E-state index contributed by atoms with van der Waals surface area (Å²) in [6.07, 6.45) is -5.67. The van der Waals surface area contributed by atoms with Gasteiger partial charge in [0.1, 0.15) is 34.9 Å². The number of aliphatic hydroxyl groups is 5. The van der Waals surface area contributed by atoms with E-state index in [1.807, 2.05) is 0 Å². The molecule has 25 heavy (non-hydrogen) atoms. The molecule has 1 aliphatic rings. The van der Waals surface area contributed by atoms with Crippen LogP contribution in [0.15, 0.2) is 17.8 Å². The Hall–Kier alpha value is -0.770. The highest BCUT2D eigenvalue weighted by Gasteiger charge is 2.44. The molecule has 0 aromatic carbocycles. The smallest absolute Gasteiger partial charge is 0.394 e. The summed E-state index contributed by atoms with van der Waals surface area (Å²) in [4.78, 5) is 0. The minimum Gasteiger partial charge on any atom is -0.394 e. The summed E-state index contributed by atoms with van der Waals surface area (Å²) in [6, 6.07) is 0. The minimum atomic E-state index is -4.89. The average molecular weight is 403 g/mol. The predicted molar refractivity (Wildman–Crippen MR) is 86.9 cm³/mol. The van der Waals surface area contributed by atoms with Crippen molar-refractivity contribution in [1.29, 1.82) is 0 Å². The number of rotatable bonds is 8. The van der Waals surface area contributed by atoms with Crippen LogP contribution in [0.5, 0.6) is 0 Å². The van der Waals surface area contributed by atoms with Gasteiger partial charge >= 0.3 is 10.4 Å². The van der Waals surface area contributed by atoms with Gasteiger partial charge in [-0.2, -0.15) is 8.42 Å². The maximum Gasteiger partial charge on any atom is 0.466 e. The van der Waals surface area contributed by atoms with Gasteiger partial charge in [0.2, 0.25) is 0 Å². The molecule has 0 bridgehead atoms. The molecular weight excluding hydrogens is 382 g/mol. The predicted octanol–water partition coefficient (Wildman–Crippen LogP) is -2.02. The van der Waals surface area contributed by atoms with Gasteiger partial charge in [-0.25, -0.2) is 4.28 Å². The van der Waals surface area contributed by atoms with Gasteiger partial charge in [0.05, 0.1) is 12.7 Å². The first-order valence-corrected chi connectivity index (χ1v) is 9.32. The van der Waals surface area contributed by atoms with E-state index in [-0.39, 0.29) is 17.9 Å². The van der Waals surface area contributed by atoms with Gasteiger partial charge in [0, 0.05) is 6.42 Å². The molecule has 1 aliphatic heterocycles. The fourth-order valence-corrected chi connectivity index (χ4v) is 3.34. The molecule has 0 radical (unpaired) electrons. The zero-order valence-electron chi connectivity index (χ0n) is 12.9. The van der Waals surface area contributed by atoms with Gasteiger partial charge in [-0.15, -0.1) is 6.58 Å². The molecule has 1 heterocycles. The Kier molecular flexibility index (Phi) is 8.73. The molecule has 0 spiro atoms. The van der Waals surface area contributed by atoms with Crippen molar-refractivity contribution in [3.63, 3.8) is 0 Å². The molecule has 0 aromatic rings. The topological polar surface area (TPSA) is 186 Å². The fraction of sp³-hybridized carbons (Fsp3) is 0.750.